The largest absolute Gasteiger partial charge is 0.483 e. The number of rotatable bonds is 6. The average Bonchev–Trinajstić information content (AvgIpc) is 3.06. The van der Waals surface area contributed by atoms with E-state index in [1.54, 1.807) is 24.3 Å². The summed E-state index contributed by atoms with van der Waals surface area (Å²) in [7, 11) is 0. The number of carbonyl (C=O) groups excluding carboxylic acids is 3. The van der Waals surface area contributed by atoms with Crippen LogP contribution in [0.5, 0.6) is 5.75 Å². The van der Waals surface area contributed by atoms with Crippen LogP contribution >= 0.6 is 15.9 Å². The Morgan fingerprint density at radius 1 is 1.10 bits per heavy atom. The molecular formula is C22H18BrN3O4. The second-order valence-electron chi connectivity index (χ2n) is 6.77. The standard InChI is InChI=1S/C22H18BrN3O4/c23-21-17-7-2-1-5-15(17)8-9-18(21)30-13-19(27)25-16-6-3-4-14(10-16)12-26-20(28)11-24-22(26)29/h1-10H,11-13H2,(H,24,29)(H,25,27). The zero-order valence-corrected chi connectivity index (χ0v) is 17.4. The van der Waals surface area contributed by atoms with Gasteiger partial charge in [0.2, 0.25) is 5.91 Å². The Balaban J connectivity index is 1.38. The minimum atomic E-state index is -0.413. The molecule has 0 aliphatic carbocycles. The molecule has 3 aromatic carbocycles. The minimum Gasteiger partial charge on any atom is -0.483 e. The molecule has 2 N–H and O–H groups in total. The summed E-state index contributed by atoms with van der Waals surface area (Å²) in [5, 5.41) is 7.33. The molecule has 0 spiro atoms. The molecule has 3 aromatic rings. The minimum absolute atomic E-state index is 0.0108. The molecule has 1 saturated heterocycles. The number of nitrogens with one attached hydrogen (secondary N) is 2. The van der Waals surface area contributed by atoms with E-state index < -0.39 is 6.03 Å². The SMILES string of the molecule is O=C(COc1ccc2ccccc2c1Br)Nc1cccc(CN2C(=O)CNC2=O)c1. The van der Waals surface area contributed by atoms with Crippen LogP contribution in [0.2, 0.25) is 0 Å². The number of carbonyl (C=O) groups is 3. The van der Waals surface area contributed by atoms with E-state index in [1.165, 1.54) is 0 Å². The van der Waals surface area contributed by atoms with Gasteiger partial charge >= 0.3 is 6.03 Å². The number of anilines is 1. The summed E-state index contributed by atoms with van der Waals surface area (Å²) >= 11 is 3.54. The fourth-order valence-corrected chi connectivity index (χ4v) is 3.82. The van der Waals surface area contributed by atoms with Crippen molar-refractivity contribution in [2.24, 2.45) is 0 Å². The van der Waals surface area contributed by atoms with Gasteiger partial charge in [0.05, 0.1) is 17.6 Å². The van der Waals surface area contributed by atoms with Gasteiger partial charge in [0.25, 0.3) is 5.91 Å². The molecule has 0 aromatic heterocycles. The van der Waals surface area contributed by atoms with Crippen LogP contribution in [0.25, 0.3) is 10.8 Å². The molecule has 0 atom stereocenters. The third-order valence-electron chi connectivity index (χ3n) is 4.68. The molecule has 1 heterocycles. The smallest absolute Gasteiger partial charge is 0.324 e. The highest BCUT2D eigenvalue weighted by atomic mass is 79.9. The number of urea groups is 1. The third kappa shape index (κ3) is 4.28. The summed E-state index contributed by atoms with van der Waals surface area (Å²) in [5.41, 5.74) is 1.29. The maximum absolute atomic E-state index is 12.3. The van der Waals surface area contributed by atoms with E-state index in [1.807, 2.05) is 36.4 Å². The van der Waals surface area contributed by atoms with Crippen LogP contribution in [-0.2, 0) is 16.1 Å². The number of nitrogens with zero attached hydrogens (tertiary/aromatic N) is 1. The van der Waals surface area contributed by atoms with Crippen molar-refractivity contribution in [3.05, 3.63) is 70.7 Å². The molecule has 1 aliphatic heterocycles. The summed E-state index contributed by atoms with van der Waals surface area (Å²) in [6.45, 7) is 0.0000286. The Morgan fingerprint density at radius 2 is 1.93 bits per heavy atom. The van der Waals surface area contributed by atoms with Gasteiger partial charge in [-0.15, -0.1) is 0 Å². The molecule has 7 nitrogen and oxygen atoms in total. The number of benzene rings is 3. The van der Waals surface area contributed by atoms with Gasteiger partial charge in [-0.1, -0.05) is 42.5 Å². The molecule has 1 fully saturated rings. The van der Waals surface area contributed by atoms with Gasteiger partial charge in [-0.2, -0.15) is 0 Å². The van der Waals surface area contributed by atoms with Crippen LogP contribution in [0.1, 0.15) is 5.56 Å². The first-order valence-corrected chi connectivity index (χ1v) is 10.1. The van der Waals surface area contributed by atoms with E-state index in [9.17, 15) is 14.4 Å². The highest BCUT2D eigenvalue weighted by molar-refractivity contribution is 9.10. The van der Waals surface area contributed by atoms with E-state index in [2.05, 4.69) is 26.6 Å². The van der Waals surface area contributed by atoms with Crippen LogP contribution in [0.15, 0.2) is 65.1 Å². The van der Waals surface area contributed by atoms with Gasteiger partial charge in [0.15, 0.2) is 6.61 Å². The van der Waals surface area contributed by atoms with Crippen molar-refractivity contribution in [3.8, 4) is 5.75 Å². The fourth-order valence-electron chi connectivity index (χ4n) is 3.21. The molecule has 30 heavy (non-hydrogen) atoms. The second-order valence-corrected chi connectivity index (χ2v) is 7.57. The first kappa shape index (κ1) is 19.9. The highest BCUT2D eigenvalue weighted by Gasteiger charge is 2.28. The summed E-state index contributed by atoms with van der Waals surface area (Å²) in [6, 6.07) is 18.2. The summed E-state index contributed by atoms with van der Waals surface area (Å²) < 4.78 is 6.48. The number of imide groups is 1. The molecule has 4 amide bonds. The summed E-state index contributed by atoms with van der Waals surface area (Å²) in [4.78, 5) is 36.9. The molecule has 0 saturated carbocycles. The number of halogens is 1. The van der Waals surface area contributed by atoms with Crippen LogP contribution in [0.4, 0.5) is 10.5 Å². The molecular weight excluding hydrogens is 450 g/mol. The third-order valence-corrected chi connectivity index (χ3v) is 5.49. The maximum Gasteiger partial charge on any atom is 0.324 e. The maximum atomic E-state index is 12.3. The van der Waals surface area contributed by atoms with E-state index in [0.29, 0.717) is 11.4 Å². The monoisotopic (exact) mass is 467 g/mol. The van der Waals surface area contributed by atoms with E-state index in [4.69, 9.17) is 4.74 Å². The van der Waals surface area contributed by atoms with Gasteiger partial charge in [-0.05, 0) is 50.5 Å². The van der Waals surface area contributed by atoms with Gasteiger partial charge in [-0.3, -0.25) is 14.5 Å². The summed E-state index contributed by atoms with van der Waals surface area (Å²) in [5.74, 6) is -0.0119. The molecule has 1 aliphatic rings. The van der Waals surface area contributed by atoms with Crippen molar-refractivity contribution in [2.45, 2.75) is 6.54 Å². The van der Waals surface area contributed by atoms with E-state index in [-0.39, 0.29) is 31.5 Å². The van der Waals surface area contributed by atoms with Crippen molar-refractivity contribution in [3.63, 3.8) is 0 Å². The molecule has 152 valence electrons. The number of amides is 4. The number of fused-ring (bicyclic) bond motifs is 1. The van der Waals surface area contributed by atoms with Gasteiger partial charge in [0, 0.05) is 5.69 Å². The van der Waals surface area contributed by atoms with Crippen molar-refractivity contribution in [1.82, 2.24) is 10.2 Å². The summed E-state index contributed by atoms with van der Waals surface area (Å²) in [6.07, 6.45) is 0. The quantitative estimate of drug-likeness (QED) is 0.541. The molecule has 8 heteroatoms. The topological polar surface area (TPSA) is 87.7 Å². The van der Waals surface area contributed by atoms with Crippen LogP contribution in [0.3, 0.4) is 0 Å². The lowest BCUT2D eigenvalue weighted by Gasteiger charge is -2.14. The lowest BCUT2D eigenvalue weighted by atomic mass is 10.1. The first-order valence-electron chi connectivity index (χ1n) is 9.28. The van der Waals surface area contributed by atoms with Crippen molar-refractivity contribution >= 4 is 50.2 Å². The van der Waals surface area contributed by atoms with E-state index in [0.717, 1.165) is 25.7 Å². The second kappa shape index (κ2) is 8.54. The zero-order valence-electron chi connectivity index (χ0n) is 15.9. The normalized spacial score (nSPS) is 13.4. The molecule has 4 rings (SSSR count). The van der Waals surface area contributed by atoms with Crippen LogP contribution in [0, 0.1) is 0 Å². The van der Waals surface area contributed by atoms with Gasteiger partial charge in [0.1, 0.15) is 5.75 Å². The zero-order chi connectivity index (χ0) is 21.1. The number of hydrogen-bond donors (Lipinski definition) is 2. The predicted molar refractivity (Wildman–Crippen MR) is 116 cm³/mol. The Bertz CT molecular complexity index is 1130. The van der Waals surface area contributed by atoms with Gasteiger partial charge < -0.3 is 15.4 Å². The lowest BCUT2D eigenvalue weighted by molar-refractivity contribution is -0.125. The Hall–Kier alpha value is -3.39. The fraction of sp³-hybridized carbons (Fsp3) is 0.136. The Kier molecular flexibility index (Phi) is 5.67. The lowest BCUT2D eigenvalue weighted by Crippen LogP contribution is -2.30. The molecule has 0 radical (unpaired) electrons. The van der Waals surface area contributed by atoms with Crippen molar-refractivity contribution < 1.29 is 19.1 Å². The van der Waals surface area contributed by atoms with Crippen molar-refractivity contribution in [2.75, 3.05) is 18.5 Å². The Morgan fingerprint density at radius 3 is 2.73 bits per heavy atom. The van der Waals surface area contributed by atoms with E-state index >= 15 is 0 Å². The molecule has 0 bridgehead atoms. The number of hydrogen-bond acceptors (Lipinski definition) is 4. The van der Waals surface area contributed by atoms with Crippen LogP contribution < -0.4 is 15.4 Å². The predicted octanol–water partition coefficient (Wildman–Crippen LogP) is 3.67. The highest BCUT2D eigenvalue weighted by Crippen LogP contribution is 2.33. The first-order chi connectivity index (χ1) is 14.5. The average molecular weight is 468 g/mol. The molecule has 0 unspecified atom stereocenters. The van der Waals surface area contributed by atoms with Gasteiger partial charge in [-0.25, -0.2) is 4.79 Å². The van der Waals surface area contributed by atoms with Crippen molar-refractivity contribution in [1.29, 1.82) is 0 Å². The number of ether oxygens (including phenoxy) is 1. The Labute approximate surface area is 181 Å². The van der Waals surface area contributed by atoms with Crippen LogP contribution in [-0.4, -0.2) is 35.9 Å².